The quantitative estimate of drug-likeness (QED) is 0.316. The Hall–Kier alpha value is -2.04. The molecule has 1 aromatic rings. The number of hydrogen-bond donors (Lipinski definition) is 0. The molecule has 2 unspecified atom stereocenters. The van der Waals surface area contributed by atoms with Crippen molar-refractivity contribution < 1.29 is 31.8 Å². The molecule has 2 aliphatic rings. The van der Waals surface area contributed by atoms with E-state index in [1.165, 1.54) is 43.5 Å². The number of ether oxygens (including phenoxy) is 3. The summed E-state index contributed by atoms with van der Waals surface area (Å²) in [4.78, 5) is 0. The monoisotopic (exact) mass is 440 g/mol. The van der Waals surface area contributed by atoms with Crippen LogP contribution >= 0.6 is 0 Å². The highest BCUT2D eigenvalue weighted by atomic mass is 19.4. The van der Waals surface area contributed by atoms with E-state index in [0.717, 1.165) is 25.2 Å². The first-order valence-electron chi connectivity index (χ1n) is 10.7. The Bertz CT molecular complexity index is 750. The molecule has 2 fully saturated rings. The van der Waals surface area contributed by atoms with Gasteiger partial charge in [-0.1, -0.05) is 30.8 Å². The molecular weight excluding hydrogens is 412 g/mol. The van der Waals surface area contributed by atoms with Crippen LogP contribution in [0.4, 0.5) is 17.6 Å². The molecule has 0 bridgehead atoms. The SMILES string of the molecule is C=CCCC1CCC(C2CO[C@@H](C#Cc3ccc(OC(F)C(F)(F)F)cc3)CO2)CC1. The summed E-state index contributed by atoms with van der Waals surface area (Å²) in [5.41, 5.74) is 0.568. The fourth-order valence-corrected chi connectivity index (χ4v) is 4.04. The predicted octanol–water partition coefficient (Wildman–Crippen LogP) is 5.83. The number of alkyl halides is 4. The summed E-state index contributed by atoms with van der Waals surface area (Å²) in [5, 5.41) is 0. The van der Waals surface area contributed by atoms with E-state index in [4.69, 9.17) is 9.47 Å². The van der Waals surface area contributed by atoms with E-state index in [-0.39, 0.29) is 18.0 Å². The summed E-state index contributed by atoms with van der Waals surface area (Å²) in [6.07, 6.45) is 0.420. The molecule has 170 valence electrons. The minimum absolute atomic E-state index is 0.108. The Morgan fingerprint density at radius 3 is 2.39 bits per heavy atom. The molecule has 3 rings (SSSR count). The molecule has 3 nitrogen and oxygen atoms in total. The first-order valence-corrected chi connectivity index (χ1v) is 10.7. The molecule has 1 aliphatic carbocycles. The first-order chi connectivity index (χ1) is 14.8. The van der Waals surface area contributed by atoms with Crippen molar-refractivity contribution >= 4 is 0 Å². The van der Waals surface area contributed by atoms with Gasteiger partial charge in [0, 0.05) is 5.56 Å². The summed E-state index contributed by atoms with van der Waals surface area (Å²) in [6.45, 7) is 4.70. The Morgan fingerprint density at radius 2 is 1.81 bits per heavy atom. The molecule has 0 amide bonds. The van der Waals surface area contributed by atoms with Crippen LogP contribution in [-0.2, 0) is 9.47 Å². The molecule has 7 heteroatoms. The van der Waals surface area contributed by atoms with Gasteiger partial charge in [-0.2, -0.15) is 17.6 Å². The van der Waals surface area contributed by atoms with Gasteiger partial charge in [0.2, 0.25) is 0 Å². The highest BCUT2D eigenvalue weighted by molar-refractivity contribution is 5.39. The molecule has 1 saturated heterocycles. The maximum Gasteiger partial charge on any atom is 0.457 e. The predicted molar refractivity (Wildman–Crippen MR) is 109 cm³/mol. The van der Waals surface area contributed by atoms with E-state index in [0.29, 0.717) is 24.7 Å². The van der Waals surface area contributed by atoms with E-state index in [1.54, 1.807) is 0 Å². The molecular formula is C24H28F4O3. The molecule has 1 heterocycles. The maximum atomic E-state index is 12.9. The fourth-order valence-electron chi connectivity index (χ4n) is 4.04. The van der Waals surface area contributed by atoms with Crippen molar-refractivity contribution in [2.75, 3.05) is 13.2 Å². The standard InChI is InChI=1S/C24H28F4O3/c1-2-3-4-17-5-10-19(11-6-17)22-16-29-21(15-30-22)14-9-18-7-12-20(13-8-18)31-23(25)24(26,27)28/h2,7-8,12-13,17,19,21-23H,1,3-6,10-11,15-16H2/t17?,19?,21-,22?,23?/m0/s1. The topological polar surface area (TPSA) is 27.7 Å². The fraction of sp³-hybridized carbons (Fsp3) is 0.583. The molecule has 0 spiro atoms. The smallest absolute Gasteiger partial charge is 0.452 e. The van der Waals surface area contributed by atoms with Crippen molar-refractivity contribution in [1.29, 1.82) is 0 Å². The van der Waals surface area contributed by atoms with Gasteiger partial charge in [0.25, 0.3) is 0 Å². The average Bonchev–Trinajstić information content (AvgIpc) is 2.77. The summed E-state index contributed by atoms with van der Waals surface area (Å²) in [7, 11) is 0. The molecule has 0 radical (unpaired) electrons. The number of allylic oxidation sites excluding steroid dienone is 1. The number of benzene rings is 1. The van der Waals surface area contributed by atoms with E-state index in [1.807, 2.05) is 6.08 Å². The second-order valence-corrected chi connectivity index (χ2v) is 8.11. The summed E-state index contributed by atoms with van der Waals surface area (Å²) >= 11 is 0. The average molecular weight is 440 g/mol. The van der Waals surface area contributed by atoms with Crippen molar-refractivity contribution in [2.45, 2.75) is 63.3 Å². The second kappa shape index (κ2) is 11.0. The lowest BCUT2D eigenvalue weighted by atomic mass is 9.77. The number of hydrogen-bond acceptors (Lipinski definition) is 3. The van der Waals surface area contributed by atoms with Crippen LogP contribution < -0.4 is 4.74 Å². The van der Waals surface area contributed by atoms with Gasteiger partial charge in [-0.25, -0.2) is 0 Å². The van der Waals surface area contributed by atoms with E-state index in [2.05, 4.69) is 23.2 Å². The Balaban J connectivity index is 1.42. The van der Waals surface area contributed by atoms with Gasteiger partial charge in [0.1, 0.15) is 11.9 Å². The van der Waals surface area contributed by atoms with Gasteiger partial charge in [0.05, 0.1) is 19.3 Å². The van der Waals surface area contributed by atoms with Crippen molar-refractivity contribution in [2.24, 2.45) is 11.8 Å². The Morgan fingerprint density at radius 1 is 1.10 bits per heavy atom. The van der Waals surface area contributed by atoms with Gasteiger partial charge in [-0.3, -0.25) is 0 Å². The maximum absolute atomic E-state index is 12.9. The van der Waals surface area contributed by atoms with Crippen LogP contribution in [0.15, 0.2) is 36.9 Å². The van der Waals surface area contributed by atoms with Crippen molar-refractivity contribution in [3.05, 3.63) is 42.5 Å². The highest BCUT2D eigenvalue weighted by Crippen LogP contribution is 2.35. The van der Waals surface area contributed by atoms with Crippen molar-refractivity contribution in [3.8, 4) is 17.6 Å². The number of halogens is 4. The van der Waals surface area contributed by atoms with Crippen LogP contribution in [0.1, 0.15) is 44.1 Å². The van der Waals surface area contributed by atoms with E-state index >= 15 is 0 Å². The zero-order valence-corrected chi connectivity index (χ0v) is 17.4. The minimum atomic E-state index is -5.06. The van der Waals surface area contributed by atoms with E-state index < -0.39 is 12.5 Å². The summed E-state index contributed by atoms with van der Waals surface area (Å²) in [5.74, 6) is 6.99. The van der Waals surface area contributed by atoms with Gasteiger partial charge in [-0.05, 0) is 61.8 Å². The van der Waals surface area contributed by atoms with Gasteiger partial charge in [-0.15, -0.1) is 6.58 Å². The van der Waals surface area contributed by atoms with Crippen molar-refractivity contribution in [1.82, 2.24) is 0 Å². The molecule has 3 atom stereocenters. The molecule has 1 aromatic carbocycles. The van der Waals surface area contributed by atoms with Gasteiger partial charge < -0.3 is 14.2 Å². The molecule has 0 aromatic heterocycles. The third-order valence-corrected chi connectivity index (χ3v) is 5.85. The lowest BCUT2D eigenvalue weighted by Crippen LogP contribution is -2.40. The zero-order chi connectivity index (χ0) is 22.3. The summed E-state index contributed by atoms with van der Waals surface area (Å²) in [6, 6.07) is 5.45. The Labute approximate surface area is 180 Å². The van der Waals surface area contributed by atoms with Crippen LogP contribution in [0.2, 0.25) is 0 Å². The van der Waals surface area contributed by atoms with Gasteiger partial charge >= 0.3 is 12.5 Å². The first kappa shape index (κ1) is 23.6. The van der Waals surface area contributed by atoms with Crippen LogP contribution in [0.3, 0.4) is 0 Å². The van der Waals surface area contributed by atoms with Gasteiger partial charge in [0.15, 0.2) is 0 Å². The zero-order valence-electron chi connectivity index (χ0n) is 17.4. The van der Waals surface area contributed by atoms with Crippen LogP contribution in [0.5, 0.6) is 5.75 Å². The molecule has 1 saturated carbocycles. The molecule has 0 N–H and O–H groups in total. The van der Waals surface area contributed by atoms with Crippen LogP contribution in [0, 0.1) is 23.7 Å². The van der Waals surface area contributed by atoms with Crippen molar-refractivity contribution in [3.63, 3.8) is 0 Å². The third-order valence-electron chi connectivity index (χ3n) is 5.85. The lowest BCUT2D eigenvalue weighted by molar-refractivity contribution is -0.236. The Kier molecular flexibility index (Phi) is 8.39. The largest absolute Gasteiger partial charge is 0.457 e. The van der Waals surface area contributed by atoms with Crippen LogP contribution in [0.25, 0.3) is 0 Å². The highest BCUT2D eigenvalue weighted by Gasteiger charge is 2.42. The third kappa shape index (κ3) is 7.26. The molecule has 31 heavy (non-hydrogen) atoms. The second-order valence-electron chi connectivity index (χ2n) is 8.11. The lowest BCUT2D eigenvalue weighted by Gasteiger charge is -2.36. The van der Waals surface area contributed by atoms with Crippen LogP contribution in [-0.4, -0.2) is 38.0 Å². The normalized spacial score (nSPS) is 27.6. The number of rotatable bonds is 6. The van der Waals surface area contributed by atoms with E-state index in [9.17, 15) is 17.6 Å². The summed E-state index contributed by atoms with van der Waals surface area (Å²) < 4.78 is 65.6. The minimum Gasteiger partial charge on any atom is -0.452 e. The molecule has 1 aliphatic heterocycles.